The number of nitrogens with zero attached hydrogens (tertiary/aromatic N) is 2. The van der Waals surface area contributed by atoms with Crippen LogP contribution < -0.4 is 15.0 Å². The van der Waals surface area contributed by atoms with Crippen LogP contribution in [0.3, 0.4) is 0 Å². The number of hydrogen-bond acceptors (Lipinski definition) is 3. The lowest BCUT2D eigenvalue weighted by atomic mass is 9.81. The van der Waals surface area contributed by atoms with E-state index in [4.69, 9.17) is 4.74 Å². The molecule has 1 N–H and O–H groups in total. The van der Waals surface area contributed by atoms with Crippen LogP contribution in [0, 0.1) is 0 Å². The zero-order valence-corrected chi connectivity index (χ0v) is 22.1. The molecule has 2 heterocycles. The Bertz CT molecular complexity index is 1240. The molecule has 2 unspecified atom stereocenters. The molecule has 2 aliphatic heterocycles. The molecule has 3 atom stereocenters. The molecule has 3 aromatic carbocycles. The molecule has 0 radical (unpaired) electrons. The van der Waals surface area contributed by atoms with Crippen molar-refractivity contribution in [2.45, 2.75) is 51.1 Å². The van der Waals surface area contributed by atoms with Crippen molar-refractivity contribution in [2.24, 2.45) is 0 Å². The molecule has 0 aromatic heterocycles. The van der Waals surface area contributed by atoms with E-state index in [2.05, 4.69) is 87.5 Å². The number of hydrogen-bond donors (Lipinski definition) is 1. The first-order chi connectivity index (χ1) is 17.2. The summed E-state index contributed by atoms with van der Waals surface area (Å²) in [6.45, 7) is 8.93. The van der Waals surface area contributed by atoms with E-state index < -0.39 is 6.09 Å². The molecule has 5 rings (SSSR count). The zero-order valence-electron chi connectivity index (χ0n) is 22.1. The lowest BCUT2D eigenvalue weighted by molar-refractivity contribution is -0.921. The van der Waals surface area contributed by atoms with Crippen LogP contribution in [-0.4, -0.2) is 43.9 Å². The van der Waals surface area contributed by atoms with E-state index in [1.54, 1.807) is 0 Å². The van der Waals surface area contributed by atoms with Gasteiger partial charge in [-0.3, -0.25) is 5.32 Å². The minimum Gasteiger partial charge on any atom is -0.410 e. The summed E-state index contributed by atoms with van der Waals surface area (Å²) in [6, 6.07) is 24.8. The normalized spacial score (nSPS) is 24.5. The second kappa shape index (κ2) is 9.29. The van der Waals surface area contributed by atoms with E-state index in [0.29, 0.717) is 17.8 Å². The van der Waals surface area contributed by atoms with Crippen molar-refractivity contribution >= 4 is 17.5 Å². The maximum absolute atomic E-state index is 12.6. The fourth-order valence-electron chi connectivity index (χ4n) is 6.49. The Morgan fingerprint density at radius 1 is 1.11 bits per heavy atom. The molecule has 2 aliphatic rings. The van der Waals surface area contributed by atoms with Crippen LogP contribution in [0.1, 0.15) is 49.8 Å². The van der Waals surface area contributed by atoms with Crippen molar-refractivity contribution in [2.75, 3.05) is 37.4 Å². The second-order valence-corrected chi connectivity index (χ2v) is 11.3. The van der Waals surface area contributed by atoms with Crippen molar-refractivity contribution in [3.63, 3.8) is 0 Å². The second-order valence-electron chi connectivity index (χ2n) is 11.3. The van der Waals surface area contributed by atoms with Crippen LogP contribution in [0.4, 0.5) is 16.2 Å². The van der Waals surface area contributed by atoms with Gasteiger partial charge in [-0.05, 0) is 59.9 Å². The number of amides is 1. The fraction of sp³-hybridized carbons (Fsp3) is 0.387. The van der Waals surface area contributed by atoms with E-state index >= 15 is 0 Å². The van der Waals surface area contributed by atoms with Crippen molar-refractivity contribution in [3.8, 4) is 5.75 Å². The maximum atomic E-state index is 12.6. The van der Waals surface area contributed by atoms with Gasteiger partial charge in [-0.25, -0.2) is 4.79 Å². The molecule has 36 heavy (non-hydrogen) atoms. The zero-order chi connectivity index (χ0) is 25.5. The Hall–Kier alpha value is -3.31. The Morgan fingerprint density at radius 2 is 1.83 bits per heavy atom. The van der Waals surface area contributed by atoms with E-state index in [-0.39, 0.29) is 5.41 Å². The number of fused-ring (bicyclic) bond motifs is 3. The van der Waals surface area contributed by atoms with E-state index in [9.17, 15) is 4.79 Å². The van der Waals surface area contributed by atoms with Crippen molar-refractivity contribution in [3.05, 3.63) is 89.5 Å². The van der Waals surface area contributed by atoms with E-state index in [1.165, 1.54) is 22.4 Å². The largest absolute Gasteiger partial charge is 0.417 e. The first-order valence-corrected chi connectivity index (χ1v) is 13.0. The van der Waals surface area contributed by atoms with Gasteiger partial charge in [-0.2, -0.15) is 0 Å². The molecule has 5 nitrogen and oxygen atoms in total. The molecule has 188 valence electrons. The average Bonchev–Trinajstić information content (AvgIpc) is 3.27. The van der Waals surface area contributed by atoms with Crippen molar-refractivity contribution in [1.29, 1.82) is 0 Å². The molecule has 3 aromatic rings. The van der Waals surface area contributed by atoms with Crippen LogP contribution in [-0.2, 0) is 11.8 Å². The first kappa shape index (κ1) is 24.4. The molecule has 1 fully saturated rings. The molecule has 0 aliphatic carbocycles. The summed E-state index contributed by atoms with van der Waals surface area (Å²) in [7, 11) is 4.61. The maximum Gasteiger partial charge on any atom is 0.417 e. The lowest BCUT2D eigenvalue weighted by Gasteiger charge is -2.41. The minimum atomic E-state index is -0.463. The van der Waals surface area contributed by atoms with Gasteiger partial charge >= 0.3 is 6.09 Å². The molecule has 0 spiro atoms. The SMILES string of the molecule is CC(C)c1ccc(NC(=O)Oc2ccc3c(c2)[C@]2(C)CC[N+](C)(CCc4ccccc4)C2N3C)cc1. The van der Waals surface area contributed by atoms with Crippen LogP contribution in [0.25, 0.3) is 0 Å². The highest BCUT2D eigenvalue weighted by Crippen LogP contribution is 2.54. The van der Waals surface area contributed by atoms with E-state index in [0.717, 1.165) is 36.1 Å². The Balaban J connectivity index is 1.31. The summed E-state index contributed by atoms with van der Waals surface area (Å²) in [6.07, 6.45) is 2.08. The standard InChI is InChI=1S/C31H37N3O2/c1-22(2)24-11-13-25(14-12-24)32-30(35)36-26-15-16-28-27(21-26)31(3)18-20-34(5,29(31)33(28)4)19-17-23-9-7-6-8-10-23/h6-16,21-22,29H,17-20H2,1-5H3/p+1/t29?,31-,34?/m0/s1. The summed E-state index contributed by atoms with van der Waals surface area (Å²) in [5.41, 5.74) is 5.90. The van der Waals surface area contributed by atoms with Gasteiger partial charge in [0.05, 0.1) is 25.6 Å². The number of benzene rings is 3. The molecule has 0 saturated carbocycles. The summed E-state index contributed by atoms with van der Waals surface area (Å²) in [4.78, 5) is 15.1. The van der Waals surface area contributed by atoms with Crippen molar-refractivity contribution < 1.29 is 14.0 Å². The predicted molar refractivity (Wildman–Crippen MR) is 147 cm³/mol. The third-order valence-electron chi connectivity index (χ3n) is 8.42. The highest BCUT2D eigenvalue weighted by molar-refractivity contribution is 5.86. The number of nitrogens with one attached hydrogen (secondary N) is 1. The third-order valence-corrected chi connectivity index (χ3v) is 8.42. The van der Waals surface area contributed by atoms with Gasteiger partial charge in [0.1, 0.15) is 5.75 Å². The molecular weight excluding hydrogens is 446 g/mol. The van der Waals surface area contributed by atoms with Gasteiger partial charge in [0, 0.05) is 31.3 Å². The highest BCUT2D eigenvalue weighted by Gasteiger charge is 2.60. The van der Waals surface area contributed by atoms with Gasteiger partial charge < -0.3 is 14.1 Å². The van der Waals surface area contributed by atoms with Gasteiger partial charge in [0.15, 0.2) is 6.17 Å². The van der Waals surface area contributed by atoms with Crippen LogP contribution in [0.2, 0.25) is 0 Å². The lowest BCUT2D eigenvalue weighted by Crippen LogP contribution is -2.58. The predicted octanol–water partition coefficient (Wildman–Crippen LogP) is 6.55. The van der Waals surface area contributed by atoms with Crippen LogP contribution in [0.5, 0.6) is 5.75 Å². The van der Waals surface area contributed by atoms with Gasteiger partial charge in [-0.15, -0.1) is 0 Å². The number of quaternary nitrogens is 1. The number of ether oxygens (including phenoxy) is 1. The number of carbonyl (C=O) groups excluding carboxylic acids is 1. The quantitative estimate of drug-likeness (QED) is 0.404. The summed E-state index contributed by atoms with van der Waals surface area (Å²) >= 11 is 0. The summed E-state index contributed by atoms with van der Waals surface area (Å²) in [5, 5.41) is 2.86. The van der Waals surface area contributed by atoms with Gasteiger partial charge in [0.2, 0.25) is 0 Å². The fourth-order valence-corrected chi connectivity index (χ4v) is 6.49. The molecular formula is C31H38N3O2+. The number of anilines is 2. The molecule has 1 amide bonds. The smallest absolute Gasteiger partial charge is 0.410 e. The number of rotatable bonds is 6. The topological polar surface area (TPSA) is 41.6 Å². The number of carbonyl (C=O) groups is 1. The molecule has 0 bridgehead atoms. The Morgan fingerprint density at radius 3 is 2.53 bits per heavy atom. The van der Waals surface area contributed by atoms with Crippen LogP contribution in [0.15, 0.2) is 72.8 Å². The number of likely N-dealkylation sites (tertiary alicyclic amines) is 1. The van der Waals surface area contributed by atoms with Crippen LogP contribution >= 0.6 is 0 Å². The average molecular weight is 485 g/mol. The third kappa shape index (κ3) is 4.37. The minimum absolute atomic E-state index is 0.0119. The molecule has 1 saturated heterocycles. The summed E-state index contributed by atoms with van der Waals surface area (Å²) in [5.74, 6) is 1.04. The van der Waals surface area contributed by atoms with Gasteiger partial charge in [0.25, 0.3) is 0 Å². The highest BCUT2D eigenvalue weighted by atomic mass is 16.6. The Labute approximate surface area is 215 Å². The van der Waals surface area contributed by atoms with Gasteiger partial charge in [-0.1, -0.05) is 56.3 Å². The Kier molecular flexibility index (Phi) is 6.29. The van der Waals surface area contributed by atoms with Crippen molar-refractivity contribution in [1.82, 2.24) is 0 Å². The monoisotopic (exact) mass is 484 g/mol. The summed E-state index contributed by atoms with van der Waals surface area (Å²) < 4.78 is 6.75. The van der Waals surface area contributed by atoms with E-state index in [1.807, 2.05) is 30.3 Å². The number of likely N-dealkylation sites (N-methyl/N-ethyl adjacent to an activating group) is 2. The molecule has 5 heteroatoms. The first-order valence-electron chi connectivity index (χ1n) is 13.0.